The fraction of sp³-hybridized carbons (Fsp3) is 0.107. The van der Waals surface area contributed by atoms with Crippen molar-refractivity contribution < 1.29 is 9.59 Å². The quantitative estimate of drug-likeness (QED) is 0.232. The summed E-state index contributed by atoms with van der Waals surface area (Å²) >= 11 is 8.21. The molecule has 0 bridgehead atoms. The Kier molecular flexibility index (Phi) is 6.55. The van der Waals surface area contributed by atoms with Crippen molar-refractivity contribution in [3.05, 3.63) is 89.3 Å². The first kappa shape index (κ1) is 24.8. The highest BCUT2D eigenvalue weighted by Gasteiger charge is 2.30. The third-order valence-electron chi connectivity index (χ3n) is 6.19. The average molecular weight is 556 g/mol. The molecule has 3 amide bonds. The number of urea groups is 1. The lowest BCUT2D eigenvalue weighted by atomic mass is 9.95. The lowest BCUT2D eigenvalue weighted by Gasteiger charge is -2.15. The summed E-state index contributed by atoms with van der Waals surface area (Å²) in [6.45, 7) is 1.46. The third-order valence-corrected chi connectivity index (χ3v) is 7.51. The first-order chi connectivity index (χ1) is 19.0. The van der Waals surface area contributed by atoms with Gasteiger partial charge in [0.15, 0.2) is 5.13 Å². The molecule has 1 aliphatic carbocycles. The number of hydrogen-bond acceptors (Lipinski definition) is 6. The second-order valence-corrected chi connectivity index (χ2v) is 10.3. The molecule has 194 valence electrons. The average Bonchev–Trinajstić information content (AvgIpc) is 3.50. The summed E-state index contributed by atoms with van der Waals surface area (Å²) in [6, 6.07) is 18.0. The number of anilines is 3. The van der Waals surface area contributed by atoms with Gasteiger partial charge in [-0.05, 0) is 55.3 Å². The molecule has 0 saturated heterocycles. The molecule has 1 aliphatic rings. The van der Waals surface area contributed by atoms with Gasteiger partial charge in [0.25, 0.3) is 0 Å². The normalized spacial score (nSPS) is 11.8. The molecular formula is C28H22ClN7O2S. The van der Waals surface area contributed by atoms with Crippen LogP contribution in [0.3, 0.4) is 0 Å². The molecule has 9 nitrogen and oxygen atoms in total. The fourth-order valence-electron chi connectivity index (χ4n) is 4.55. The molecule has 3 N–H and O–H groups in total. The summed E-state index contributed by atoms with van der Waals surface area (Å²) in [7, 11) is 0. The molecule has 0 aliphatic heterocycles. The molecule has 0 fully saturated rings. The number of carbonyl (C=O) groups excluding carboxylic acids is 2. The Morgan fingerprint density at radius 1 is 0.974 bits per heavy atom. The number of aryl methyl sites for hydroxylation is 1. The van der Waals surface area contributed by atoms with Gasteiger partial charge < -0.3 is 16.0 Å². The van der Waals surface area contributed by atoms with Crippen LogP contribution in [0.15, 0.2) is 73.1 Å². The van der Waals surface area contributed by atoms with E-state index in [1.54, 1.807) is 36.7 Å². The number of nitrogens with zero attached hydrogens (tertiary/aromatic N) is 4. The van der Waals surface area contributed by atoms with Crippen molar-refractivity contribution >= 4 is 51.4 Å². The maximum absolute atomic E-state index is 12.5. The number of para-hydroxylation sites is 1. The number of pyridine rings is 1. The van der Waals surface area contributed by atoms with E-state index in [2.05, 4.69) is 25.9 Å². The molecule has 5 aromatic rings. The van der Waals surface area contributed by atoms with Crippen molar-refractivity contribution in [3.8, 4) is 27.5 Å². The van der Waals surface area contributed by atoms with Gasteiger partial charge in [-0.1, -0.05) is 41.1 Å². The van der Waals surface area contributed by atoms with Gasteiger partial charge in [0, 0.05) is 41.8 Å². The summed E-state index contributed by atoms with van der Waals surface area (Å²) in [5.41, 5.74) is 6.44. The van der Waals surface area contributed by atoms with E-state index in [0.717, 1.165) is 45.9 Å². The van der Waals surface area contributed by atoms with Crippen molar-refractivity contribution in [1.82, 2.24) is 19.7 Å². The molecule has 0 spiro atoms. The molecule has 0 atom stereocenters. The van der Waals surface area contributed by atoms with Gasteiger partial charge in [0.1, 0.15) is 0 Å². The molecule has 39 heavy (non-hydrogen) atoms. The number of aromatic nitrogens is 4. The number of nitrogens with one attached hydrogen (secondary N) is 3. The van der Waals surface area contributed by atoms with E-state index < -0.39 is 0 Å². The minimum Gasteiger partial charge on any atom is -0.308 e. The van der Waals surface area contributed by atoms with Crippen LogP contribution in [-0.2, 0) is 17.6 Å². The van der Waals surface area contributed by atoms with E-state index in [4.69, 9.17) is 16.7 Å². The molecule has 0 radical (unpaired) electrons. The predicted octanol–water partition coefficient (Wildman–Crippen LogP) is 6.41. The number of fused-ring (bicyclic) bond motifs is 3. The monoisotopic (exact) mass is 555 g/mol. The van der Waals surface area contributed by atoms with Gasteiger partial charge in [0.05, 0.1) is 32.7 Å². The van der Waals surface area contributed by atoms with Crippen LogP contribution in [0.4, 0.5) is 21.3 Å². The van der Waals surface area contributed by atoms with Crippen LogP contribution in [0.1, 0.15) is 18.2 Å². The minimum absolute atomic E-state index is 0.173. The molecule has 2 aromatic carbocycles. The Morgan fingerprint density at radius 3 is 2.54 bits per heavy atom. The smallest absolute Gasteiger partial charge is 0.308 e. The highest BCUT2D eigenvalue weighted by molar-refractivity contribution is 7.19. The zero-order chi connectivity index (χ0) is 26.9. The van der Waals surface area contributed by atoms with Gasteiger partial charge in [-0.3, -0.25) is 9.78 Å². The Balaban J connectivity index is 1.39. The van der Waals surface area contributed by atoms with Crippen LogP contribution in [-0.4, -0.2) is 31.7 Å². The van der Waals surface area contributed by atoms with E-state index in [1.807, 2.05) is 41.1 Å². The van der Waals surface area contributed by atoms with Crippen LogP contribution < -0.4 is 16.0 Å². The number of hydrogen-bond donors (Lipinski definition) is 3. The van der Waals surface area contributed by atoms with Gasteiger partial charge in [0.2, 0.25) is 5.91 Å². The lowest BCUT2D eigenvalue weighted by Crippen LogP contribution is -2.19. The molecule has 11 heteroatoms. The maximum Gasteiger partial charge on any atom is 0.323 e. The van der Waals surface area contributed by atoms with E-state index in [9.17, 15) is 9.59 Å². The number of carbonyl (C=O) groups is 2. The maximum atomic E-state index is 12.5. The molecule has 0 saturated carbocycles. The van der Waals surface area contributed by atoms with Crippen LogP contribution in [0, 0.1) is 0 Å². The summed E-state index contributed by atoms with van der Waals surface area (Å²) in [5.74, 6) is -0.173. The van der Waals surface area contributed by atoms with Gasteiger partial charge in [-0.25, -0.2) is 14.5 Å². The third kappa shape index (κ3) is 4.99. The first-order valence-electron chi connectivity index (χ1n) is 12.2. The van der Waals surface area contributed by atoms with E-state index >= 15 is 0 Å². The standard InChI is InChI=1S/C28H22ClN7O2S/c1-16(37)31-28-34-22-11-10-20-24(17-6-5-13-30-15-17)35-36(25(20)26(22)39-28)23-12-9-19(14-21(23)29)33-27(38)32-18-7-3-2-4-8-18/h2-9,12-15H,10-11H2,1H3,(H,31,34,37)(H2,32,33,38). The number of halogens is 1. The SMILES string of the molecule is CC(=O)Nc1nc2c(s1)-c1c(c(-c3cccnc3)nn1-c1ccc(NC(=O)Nc3ccccc3)cc1Cl)CC2. The molecule has 3 heterocycles. The van der Waals surface area contributed by atoms with Gasteiger partial charge in [-0.2, -0.15) is 5.10 Å². The predicted molar refractivity (Wildman–Crippen MR) is 154 cm³/mol. The number of rotatable bonds is 5. The van der Waals surface area contributed by atoms with Crippen molar-refractivity contribution in [3.63, 3.8) is 0 Å². The first-order valence-corrected chi connectivity index (χ1v) is 13.4. The Labute approximate surface area is 232 Å². The highest BCUT2D eigenvalue weighted by atomic mass is 35.5. The van der Waals surface area contributed by atoms with Gasteiger partial charge in [-0.15, -0.1) is 0 Å². The fourth-order valence-corrected chi connectivity index (χ4v) is 5.93. The zero-order valence-corrected chi connectivity index (χ0v) is 22.3. The zero-order valence-electron chi connectivity index (χ0n) is 20.7. The van der Waals surface area contributed by atoms with Crippen molar-refractivity contribution in [2.75, 3.05) is 16.0 Å². The van der Waals surface area contributed by atoms with Crippen LogP contribution in [0.25, 0.3) is 27.5 Å². The number of benzene rings is 2. The summed E-state index contributed by atoms with van der Waals surface area (Å²) in [5, 5.41) is 14.4. The molecule has 0 unspecified atom stereocenters. The van der Waals surface area contributed by atoms with E-state index in [1.165, 1.54) is 18.3 Å². The minimum atomic E-state index is -0.375. The Bertz CT molecular complexity index is 1700. The van der Waals surface area contributed by atoms with Crippen LogP contribution in [0.2, 0.25) is 5.02 Å². The van der Waals surface area contributed by atoms with E-state index in [-0.39, 0.29) is 11.9 Å². The lowest BCUT2D eigenvalue weighted by molar-refractivity contribution is -0.114. The van der Waals surface area contributed by atoms with Crippen molar-refractivity contribution in [1.29, 1.82) is 0 Å². The summed E-state index contributed by atoms with van der Waals surface area (Å²) in [4.78, 5) is 34.0. The Morgan fingerprint density at radius 2 is 1.79 bits per heavy atom. The topological polar surface area (TPSA) is 114 Å². The van der Waals surface area contributed by atoms with E-state index in [0.29, 0.717) is 27.2 Å². The second kappa shape index (κ2) is 10.3. The highest BCUT2D eigenvalue weighted by Crippen LogP contribution is 2.44. The van der Waals surface area contributed by atoms with Gasteiger partial charge >= 0.3 is 6.03 Å². The second-order valence-electron chi connectivity index (χ2n) is 8.92. The van der Waals surface area contributed by atoms with Crippen LogP contribution >= 0.6 is 22.9 Å². The van der Waals surface area contributed by atoms with Crippen molar-refractivity contribution in [2.24, 2.45) is 0 Å². The Hall–Kier alpha value is -4.54. The molecule has 3 aromatic heterocycles. The molecular weight excluding hydrogens is 534 g/mol. The summed E-state index contributed by atoms with van der Waals surface area (Å²) in [6.07, 6.45) is 4.97. The number of amides is 3. The van der Waals surface area contributed by atoms with Crippen LogP contribution in [0.5, 0.6) is 0 Å². The van der Waals surface area contributed by atoms with Crippen molar-refractivity contribution in [2.45, 2.75) is 19.8 Å². The number of thiazole rings is 1. The molecule has 6 rings (SSSR count). The summed E-state index contributed by atoms with van der Waals surface area (Å²) < 4.78 is 1.82. The largest absolute Gasteiger partial charge is 0.323 e.